The Hall–Kier alpha value is -2.67. The number of carbonyl (C=O) groups is 1. The molecule has 0 aliphatic heterocycles. The quantitative estimate of drug-likeness (QED) is 0.771. The number of benzene rings is 1. The van der Waals surface area contributed by atoms with Gasteiger partial charge < -0.3 is 5.32 Å². The summed E-state index contributed by atoms with van der Waals surface area (Å²) < 4.78 is 16.1. The normalized spacial score (nSPS) is 10.8. The van der Waals surface area contributed by atoms with E-state index in [1.807, 2.05) is 0 Å². The average Bonchev–Trinajstić information content (AvgIpc) is 3.11. The van der Waals surface area contributed by atoms with Gasteiger partial charge in [-0.05, 0) is 24.6 Å². The number of hydrogen-bond donors (Lipinski definition) is 1. The fraction of sp³-hybridized carbons (Fsp3) is 0.188. The first-order chi connectivity index (χ1) is 11.5. The molecular formula is C16H15ClFN5O. The third-order valence-corrected chi connectivity index (χ3v) is 3.87. The summed E-state index contributed by atoms with van der Waals surface area (Å²) in [5, 5.41) is 11.5. The standard InChI is InChI=1S/C16H15ClFN5O/c1-11-14(17)8-19-23(11)10-16(24)20-15-6-7-22(21-15)9-12-2-4-13(18)5-3-12/h2-8H,9-10H2,1H3,(H,20,21,24). The molecule has 0 fully saturated rings. The van der Waals surface area contributed by atoms with Gasteiger partial charge in [0.25, 0.3) is 0 Å². The van der Waals surface area contributed by atoms with E-state index in [2.05, 4.69) is 15.5 Å². The van der Waals surface area contributed by atoms with Gasteiger partial charge >= 0.3 is 0 Å². The molecule has 0 aliphatic rings. The fourth-order valence-corrected chi connectivity index (χ4v) is 2.34. The maximum atomic E-state index is 12.9. The monoisotopic (exact) mass is 347 g/mol. The van der Waals surface area contributed by atoms with Gasteiger partial charge in [0.05, 0.1) is 23.5 Å². The van der Waals surface area contributed by atoms with Crippen molar-refractivity contribution in [2.75, 3.05) is 5.32 Å². The van der Waals surface area contributed by atoms with Crippen molar-refractivity contribution in [1.82, 2.24) is 19.6 Å². The van der Waals surface area contributed by atoms with Gasteiger partial charge in [-0.25, -0.2) is 4.39 Å². The van der Waals surface area contributed by atoms with Crippen LogP contribution in [0.5, 0.6) is 0 Å². The highest BCUT2D eigenvalue weighted by atomic mass is 35.5. The van der Waals surface area contributed by atoms with E-state index in [0.717, 1.165) is 11.3 Å². The number of nitrogens with zero attached hydrogens (tertiary/aromatic N) is 4. The molecule has 0 saturated heterocycles. The second kappa shape index (κ2) is 6.84. The van der Waals surface area contributed by atoms with Gasteiger partial charge in [-0.2, -0.15) is 10.2 Å². The molecule has 24 heavy (non-hydrogen) atoms. The molecule has 1 amide bonds. The molecule has 0 unspecified atom stereocenters. The SMILES string of the molecule is Cc1c(Cl)cnn1CC(=O)Nc1ccn(Cc2ccc(F)cc2)n1. The van der Waals surface area contributed by atoms with Crippen molar-refractivity contribution < 1.29 is 9.18 Å². The summed E-state index contributed by atoms with van der Waals surface area (Å²) in [7, 11) is 0. The molecule has 124 valence electrons. The lowest BCUT2D eigenvalue weighted by atomic mass is 10.2. The molecular weight excluding hydrogens is 333 g/mol. The lowest BCUT2D eigenvalue weighted by molar-refractivity contribution is -0.117. The molecule has 1 N–H and O–H groups in total. The van der Waals surface area contributed by atoms with Crippen LogP contribution in [0.4, 0.5) is 10.2 Å². The Balaban J connectivity index is 1.60. The Labute approximate surface area is 142 Å². The molecule has 0 radical (unpaired) electrons. The minimum atomic E-state index is -0.277. The minimum absolute atomic E-state index is 0.0589. The van der Waals surface area contributed by atoms with E-state index in [9.17, 15) is 9.18 Å². The molecule has 6 nitrogen and oxygen atoms in total. The first-order valence-electron chi connectivity index (χ1n) is 7.27. The van der Waals surface area contributed by atoms with Crippen LogP contribution >= 0.6 is 11.6 Å². The molecule has 0 saturated carbocycles. The summed E-state index contributed by atoms with van der Waals surface area (Å²) in [5.41, 5.74) is 1.65. The van der Waals surface area contributed by atoms with E-state index < -0.39 is 0 Å². The third kappa shape index (κ3) is 3.80. The van der Waals surface area contributed by atoms with Crippen LogP contribution in [-0.2, 0) is 17.9 Å². The molecule has 1 aromatic carbocycles. The van der Waals surface area contributed by atoms with Crippen molar-refractivity contribution in [3.63, 3.8) is 0 Å². The zero-order valence-electron chi connectivity index (χ0n) is 12.9. The smallest absolute Gasteiger partial charge is 0.247 e. The zero-order chi connectivity index (χ0) is 17.1. The highest BCUT2D eigenvalue weighted by molar-refractivity contribution is 6.31. The van der Waals surface area contributed by atoms with E-state index in [1.165, 1.54) is 23.0 Å². The number of nitrogens with one attached hydrogen (secondary N) is 1. The lowest BCUT2D eigenvalue weighted by Crippen LogP contribution is -2.20. The van der Waals surface area contributed by atoms with Crippen LogP contribution in [0.15, 0.2) is 42.7 Å². The molecule has 0 aliphatic carbocycles. The minimum Gasteiger partial charge on any atom is -0.308 e. The maximum absolute atomic E-state index is 12.9. The summed E-state index contributed by atoms with van der Waals surface area (Å²) >= 11 is 5.91. The first-order valence-corrected chi connectivity index (χ1v) is 7.65. The van der Waals surface area contributed by atoms with Gasteiger partial charge in [0, 0.05) is 12.3 Å². The van der Waals surface area contributed by atoms with Crippen LogP contribution in [0.2, 0.25) is 5.02 Å². The van der Waals surface area contributed by atoms with Crippen LogP contribution < -0.4 is 5.32 Å². The number of aromatic nitrogens is 4. The lowest BCUT2D eigenvalue weighted by Gasteiger charge is -2.05. The molecule has 2 heterocycles. The van der Waals surface area contributed by atoms with Crippen LogP contribution in [0, 0.1) is 12.7 Å². The maximum Gasteiger partial charge on any atom is 0.247 e. The topological polar surface area (TPSA) is 64.7 Å². The van der Waals surface area contributed by atoms with Gasteiger partial charge in [-0.1, -0.05) is 23.7 Å². The largest absolute Gasteiger partial charge is 0.308 e. The third-order valence-electron chi connectivity index (χ3n) is 3.50. The molecule has 0 atom stereocenters. The Morgan fingerprint density at radius 2 is 2.04 bits per heavy atom. The van der Waals surface area contributed by atoms with E-state index in [1.54, 1.807) is 36.0 Å². The van der Waals surface area contributed by atoms with Crippen molar-refractivity contribution >= 4 is 23.3 Å². The van der Waals surface area contributed by atoms with Crippen LogP contribution in [0.3, 0.4) is 0 Å². The summed E-state index contributed by atoms with van der Waals surface area (Å²) in [5.74, 6) is -0.0795. The first kappa shape index (κ1) is 16.2. The average molecular weight is 348 g/mol. The van der Waals surface area contributed by atoms with E-state index in [4.69, 9.17) is 11.6 Å². The van der Waals surface area contributed by atoms with Crippen molar-refractivity contribution in [3.05, 3.63) is 64.8 Å². The molecule has 3 aromatic rings. The van der Waals surface area contributed by atoms with E-state index >= 15 is 0 Å². The predicted octanol–water partition coefficient (Wildman–Crippen LogP) is 2.87. The summed E-state index contributed by atoms with van der Waals surface area (Å²) in [4.78, 5) is 12.0. The van der Waals surface area contributed by atoms with Gasteiger partial charge in [-0.3, -0.25) is 14.2 Å². The number of rotatable bonds is 5. The predicted molar refractivity (Wildman–Crippen MR) is 88.3 cm³/mol. The number of hydrogen-bond acceptors (Lipinski definition) is 3. The summed E-state index contributed by atoms with van der Waals surface area (Å²) in [6.07, 6.45) is 3.25. The molecule has 0 spiro atoms. The molecule has 8 heteroatoms. The Morgan fingerprint density at radius 1 is 1.29 bits per heavy atom. The van der Waals surface area contributed by atoms with Gasteiger partial charge in [-0.15, -0.1) is 0 Å². The second-order valence-corrected chi connectivity index (χ2v) is 5.72. The highest BCUT2D eigenvalue weighted by Crippen LogP contribution is 2.13. The van der Waals surface area contributed by atoms with Crippen LogP contribution in [-0.4, -0.2) is 25.5 Å². The van der Waals surface area contributed by atoms with Gasteiger partial charge in [0.15, 0.2) is 5.82 Å². The summed E-state index contributed by atoms with van der Waals surface area (Å²) in [6, 6.07) is 7.89. The van der Waals surface area contributed by atoms with Crippen LogP contribution in [0.25, 0.3) is 0 Å². The second-order valence-electron chi connectivity index (χ2n) is 5.31. The van der Waals surface area contributed by atoms with E-state index in [-0.39, 0.29) is 18.3 Å². The number of carbonyl (C=O) groups excluding carboxylic acids is 1. The number of anilines is 1. The Morgan fingerprint density at radius 3 is 2.71 bits per heavy atom. The fourth-order valence-electron chi connectivity index (χ4n) is 2.19. The summed E-state index contributed by atoms with van der Waals surface area (Å²) in [6.45, 7) is 2.34. The van der Waals surface area contributed by atoms with Crippen molar-refractivity contribution in [1.29, 1.82) is 0 Å². The van der Waals surface area contributed by atoms with Crippen molar-refractivity contribution in [2.45, 2.75) is 20.0 Å². The molecule has 2 aromatic heterocycles. The van der Waals surface area contributed by atoms with Crippen LogP contribution in [0.1, 0.15) is 11.3 Å². The Kier molecular flexibility index (Phi) is 4.61. The molecule has 0 bridgehead atoms. The molecule has 3 rings (SSSR count). The number of halogens is 2. The van der Waals surface area contributed by atoms with Crippen molar-refractivity contribution in [2.24, 2.45) is 0 Å². The van der Waals surface area contributed by atoms with Crippen molar-refractivity contribution in [3.8, 4) is 0 Å². The van der Waals surface area contributed by atoms with E-state index in [0.29, 0.717) is 17.4 Å². The van der Waals surface area contributed by atoms with Gasteiger partial charge in [0.2, 0.25) is 5.91 Å². The zero-order valence-corrected chi connectivity index (χ0v) is 13.7. The number of amides is 1. The highest BCUT2D eigenvalue weighted by Gasteiger charge is 2.10. The van der Waals surface area contributed by atoms with Gasteiger partial charge in [0.1, 0.15) is 12.4 Å². The Bertz CT molecular complexity index is 856.